The average molecular weight is 306 g/mol. The van der Waals surface area contributed by atoms with Crippen molar-refractivity contribution in [3.05, 3.63) is 29.8 Å². The number of hydrogen-bond donors (Lipinski definition) is 1. The second-order valence-corrected chi connectivity index (χ2v) is 7.01. The summed E-state index contributed by atoms with van der Waals surface area (Å²) in [7, 11) is -3.51. The lowest BCUT2D eigenvalue weighted by atomic mass is 10.2. The summed E-state index contributed by atoms with van der Waals surface area (Å²) in [5.41, 5.74) is 5.91. The summed E-state index contributed by atoms with van der Waals surface area (Å²) in [5.74, 6) is 5.61. The van der Waals surface area contributed by atoms with Crippen molar-refractivity contribution in [2.75, 3.05) is 13.1 Å². The maximum absolute atomic E-state index is 13.0. The number of sulfonamides is 1. The van der Waals surface area contributed by atoms with Gasteiger partial charge in [0.1, 0.15) is 0 Å². The highest BCUT2D eigenvalue weighted by Gasteiger charge is 2.32. The lowest BCUT2D eigenvalue weighted by Crippen LogP contribution is -2.38. The lowest BCUT2D eigenvalue weighted by molar-refractivity contribution is 0.335. The second kappa shape index (κ2) is 7.08. The van der Waals surface area contributed by atoms with Crippen molar-refractivity contribution in [3.63, 3.8) is 0 Å². The van der Waals surface area contributed by atoms with Crippen molar-refractivity contribution in [3.8, 4) is 11.8 Å². The number of benzene rings is 1. The molecule has 1 fully saturated rings. The molecular weight excluding hydrogens is 284 g/mol. The molecule has 5 heteroatoms. The summed E-state index contributed by atoms with van der Waals surface area (Å²) in [5, 5.41) is 0. The smallest absolute Gasteiger partial charge is 0.244 e. The van der Waals surface area contributed by atoms with Gasteiger partial charge in [0.05, 0.1) is 11.4 Å². The van der Waals surface area contributed by atoms with E-state index in [2.05, 4.69) is 11.8 Å². The van der Waals surface area contributed by atoms with Gasteiger partial charge in [-0.05, 0) is 25.0 Å². The Labute approximate surface area is 127 Å². The Bertz CT molecular complexity index is 638. The van der Waals surface area contributed by atoms with Gasteiger partial charge in [-0.25, -0.2) is 8.42 Å². The highest BCUT2D eigenvalue weighted by molar-refractivity contribution is 7.89. The number of rotatable bonds is 4. The van der Waals surface area contributed by atoms with E-state index in [0.29, 0.717) is 17.0 Å². The topological polar surface area (TPSA) is 63.4 Å². The Hall–Kier alpha value is -1.35. The molecule has 0 bridgehead atoms. The van der Waals surface area contributed by atoms with Crippen LogP contribution in [0.2, 0.25) is 0 Å². The first-order chi connectivity index (χ1) is 10.1. The molecule has 2 rings (SSSR count). The van der Waals surface area contributed by atoms with Gasteiger partial charge in [-0.3, -0.25) is 0 Å². The molecule has 0 unspecified atom stereocenters. The van der Waals surface area contributed by atoms with E-state index >= 15 is 0 Å². The maximum atomic E-state index is 13.0. The molecular formula is C16H22N2O2S. The van der Waals surface area contributed by atoms with E-state index in [-0.39, 0.29) is 12.6 Å². The van der Waals surface area contributed by atoms with Gasteiger partial charge in [-0.15, -0.1) is 0 Å². The fraction of sp³-hybridized carbons (Fsp3) is 0.500. The molecule has 1 aliphatic carbocycles. The molecule has 114 valence electrons. The molecule has 1 aliphatic rings. The van der Waals surface area contributed by atoms with Crippen LogP contribution in [0.5, 0.6) is 0 Å². The molecule has 1 aromatic carbocycles. The van der Waals surface area contributed by atoms with Crippen molar-refractivity contribution >= 4 is 10.0 Å². The molecule has 0 spiro atoms. The molecule has 0 aliphatic heterocycles. The minimum atomic E-state index is -3.51. The largest absolute Gasteiger partial charge is 0.320 e. The molecule has 0 radical (unpaired) electrons. The number of hydrogen-bond acceptors (Lipinski definition) is 3. The van der Waals surface area contributed by atoms with E-state index in [1.54, 1.807) is 28.6 Å². The van der Waals surface area contributed by atoms with E-state index < -0.39 is 10.0 Å². The standard InChI is InChI=1S/C16H22N2O2S/c1-2-18(15-10-4-5-11-15)21(19,20)16-12-6-3-8-14(16)9-7-13-17/h3,6,8,12,15H,2,4-5,10-11,13,17H2,1H3. The van der Waals surface area contributed by atoms with Crippen molar-refractivity contribution < 1.29 is 8.42 Å². The van der Waals surface area contributed by atoms with Crippen molar-refractivity contribution in [2.24, 2.45) is 5.73 Å². The van der Waals surface area contributed by atoms with Gasteiger partial charge in [0, 0.05) is 18.2 Å². The van der Waals surface area contributed by atoms with Crippen LogP contribution in [0.3, 0.4) is 0 Å². The first-order valence-electron chi connectivity index (χ1n) is 7.41. The zero-order chi connectivity index (χ0) is 15.3. The maximum Gasteiger partial charge on any atom is 0.244 e. The van der Waals surface area contributed by atoms with Crippen LogP contribution in [-0.2, 0) is 10.0 Å². The summed E-state index contributed by atoms with van der Waals surface area (Å²) in [6.07, 6.45) is 4.10. The van der Waals surface area contributed by atoms with Crippen molar-refractivity contribution in [1.82, 2.24) is 4.31 Å². The summed E-state index contributed by atoms with van der Waals surface area (Å²) in [6, 6.07) is 7.02. The van der Waals surface area contributed by atoms with Gasteiger partial charge in [0.25, 0.3) is 0 Å². The molecule has 21 heavy (non-hydrogen) atoms. The van der Waals surface area contributed by atoms with Crippen molar-refractivity contribution in [1.29, 1.82) is 0 Å². The SMILES string of the molecule is CCN(C1CCCC1)S(=O)(=O)c1ccccc1C#CCN. The normalized spacial score (nSPS) is 16.0. The van der Waals surface area contributed by atoms with Crippen LogP contribution in [0.15, 0.2) is 29.2 Å². The first kappa shape index (κ1) is 16.0. The van der Waals surface area contributed by atoms with Gasteiger partial charge in [0.15, 0.2) is 0 Å². The van der Waals surface area contributed by atoms with Crippen molar-refractivity contribution in [2.45, 2.75) is 43.5 Å². The lowest BCUT2D eigenvalue weighted by Gasteiger charge is -2.27. The Kier molecular flexibility index (Phi) is 5.40. The Morgan fingerprint density at radius 2 is 1.95 bits per heavy atom. The summed E-state index contributed by atoms with van der Waals surface area (Å²) in [4.78, 5) is 0.291. The van der Waals surface area contributed by atoms with Gasteiger partial charge in [-0.1, -0.05) is 43.7 Å². The minimum absolute atomic E-state index is 0.121. The molecule has 0 aromatic heterocycles. The zero-order valence-corrected chi connectivity index (χ0v) is 13.2. The molecule has 0 atom stereocenters. The van der Waals surface area contributed by atoms with Crippen LogP contribution in [0, 0.1) is 11.8 Å². The highest BCUT2D eigenvalue weighted by Crippen LogP contribution is 2.29. The second-order valence-electron chi connectivity index (χ2n) is 5.15. The van der Waals surface area contributed by atoms with E-state index in [1.807, 2.05) is 6.92 Å². The summed E-state index contributed by atoms with van der Waals surface area (Å²) >= 11 is 0. The third-order valence-corrected chi connectivity index (χ3v) is 5.93. The van der Waals surface area contributed by atoms with Crippen LogP contribution in [0.25, 0.3) is 0 Å². The van der Waals surface area contributed by atoms with E-state index in [4.69, 9.17) is 5.73 Å². The van der Waals surface area contributed by atoms with Crippen LogP contribution in [0.1, 0.15) is 38.2 Å². The molecule has 0 saturated heterocycles. The number of nitrogens with zero attached hydrogens (tertiary/aromatic N) is 1. The molecule has 0 amide bonds. The highest BCUT2D eigenvalue weighted by atomic mass is 32.2. The van der Waals surface area contributed by atoms with Gasteiger partial charge in [0.2, 0.25) is 10.0 Å². The van der Waals surface area contributed by atoms with E-state index in [0.717, 1.165) is 25.7 Å². The monoisotopic (exact) mass is 306 g/mol. The fourth-order valence-electron chi connectivity index (χ4n) is 2.88. The first-order valence-corrected chi connectivity index (χ1v) is 8.85. The average Bonchev–Trinajstić information content (AvgIpc) is 2.99. The molecule has 1 saturated carbocycles. The molecule has 1 aromatic rings. The number of nitrogens with two attached hydrogens (primary N) is 1. The Balaban J connectivity index is 2.42. The molecule has 2 N–H and O–H groups in total. The minimum Gasteiger partial charge on any atom is -0.320 e. The Morgan fingerprint density at radius 3 is 2.57 bits per heavy atom. The predicted octanol–water partition coefficient (Wildman–Crippen LogP) is 1.95. The van der Waals surface area contributed by atoms with Gasteiger partial charge < -0.3 is 5.73 Å². The van der Waals surface area contributed by atoms with E-state index in [9.17, 15) is 8.42 Å². The van der Waals surface area contributed by atoms with Crippen LogP contribution in [-0.4, -0.2) is 31.9 Å². The van der Waals surface area contributed by atoms with Gasteiger partial charge in [-0.2, -0.15) is 4.31 Å². The van der Waals surface area contributed by atoms with E-state index in [1.165, 1.54) is 0 Å². The third-order valence-electron chi connectivity index (χ3n) is 3.84. The molecule has 0 heterocycles. The zero-order valence-electron chi connectivity index (χ0n) is 12.4. The molecule has 4 nitrogen and oxygen atoms in total. The Morgan fingerprint density at radius 1 is 1.29 bits per heavy atom. The van der Waals surface area contributed by atoms with Crippen LogP contribution in [0.4, 0.5) is 0 Å². The van der Waals surface area contributed by atoms with Gasteiger partial charge >= 0.3 is 0 Å². The quantitative estimate of drug-likeness (QED) is 0.865. The fourth-order valence-corrected chi connectivity index (χ4v) is 4.73. The predicted molar refractivity (Wildman–Crippen MR) is 84.2 cm³/mol. The van der Waals surface area contributed by atoms with Crippen LogP contribution >= 0.6 is 0 Å². The van der Waals surface area contributed by atoms with Crippen LogP contribution < -0.4 is 5.73 Å². The third kappa shape index (κ3) is 3.46. The summed E-state index contributed by atoms with van der Waals surface area (Å²) in [6.45, 7) is 2.60. The summed E-state index contributed by atoms with van der Waals surface area (Å²) < 4.78 is 27.6.